The third kappa shape index (κ3) is 9.95. The Morgan fingerprint density at radius 1 is 1.50 bits per heavy atom. The molecule has 0 aromatic carbocycles. The molecule has 0 bridgehead atoms. The predicted octanol–water partition coefficient (Wildman–Crippen LogP) is 1.82. The van der Waals surface area contributed by atoms with Crippen LogP contribution in [0.3, 0.4) is 0 Å². The number of halogens is 3. The first-order valence-corrected chi connectivity index (χ1v) is 3.13. The summed E-state index contributed by atoms with van der Waals surface area (Å²) in [6.07, 6.45) is 0. The van der Waals surface area contributed by atoms with Crippen molar-refractivity contribution in [2.45, 2.75) is 11.8 Å². The molecule has 0 aromatic heterocycles. The van der Waals surface area contributed by atoms with Gasteiger partial charge in [-0.15, -0.1) is 35.6 Å². The highest BCUT2D eigenvalue weighted by molar-refractivity contribution is 6.44. The van der Waals surface area contributed by atoms with E-state index < -0.39 is 0 Å². The van der Waals surface area contributed by atoms with Crippen LogP contribution in [0.25, 0.3) is 0 Å². The van der Waals surface area contributed by atoms with Gasteiger partial charge in [-0.25, -0.2) is 0 Å². The van der Waals surface area contributed by atoms with E-state index in [9.17, 15) is 0 Å². The molecule has 0 fully saturated rings. The molecule has 0 aliphatic rings. The van der Waals surface area contributed by atoms with E-state index >= 15 is 0 Å². The molecule has 1 nitrogen and oxygen atoms in total. The number of nitrogens with one attached hydrogen (secondary N) is 1. The Labute approximate surface area is 66.1 Å². The predicted molar refractivity (Wildman–Crippen MR) is 41.3 cm³/mol. The van der Waals surface area contributed by atoms with Gasteiger partial charge < -0.3 is 5.32 Å². The maximum atomic E-state index is 5.36. The quantitative estimate of drug-likeness (QED) is 0.650. The van der Waals surface area contributed by atoms with Gasteiger partial charge >= 0.3 is 0 Å². The highest BCUT2D eigenvalue weighted by Gasteiger charge is 1.92. The lowest BCUT2D eigenvalue weighted by atomic mass is 10.7. The Morgan fingerprint density at radius 2 is 2.00 bits per heavy atom. The van der Waals surface area contributed by atoms with Gasteiger partial charge in [0.05, 0.1) is 0 Å². The molecule has 8 heavy (non-hydrogen) atoms. The van der Waals surface area contributed by atoms with E-state index in [0.29, 0.717) is 6.54 Å². The Balaban J connectivity index is 0. The minimum Gasteiger partial charge on any atom is -0.314 e. The zero-order valence-corrected chi connectivity index (χ0v) is 6.98. The van der Waals surface area contributed by atoms with Gasteiger partial charge in [-0.2, -0.15) is 0 Å². The molecule has 0 spiro atoms. The van der Waals surface area contributed by atoms with Gasteiger partial charge in [0, 0.05) is 6.54 Å². The highest BCUT2D eigenvalue weighted by Crippen LogP contribution is 1.96. The van der Waals surface area contributed by atoms with Crippen molar-refractivity contribution in [2.75, 3.05) is 13.1 Å². The van der Waals surface area contributed by atoms with E-state index in [4.69, 9.17) is 23.2 Å². The zero-order chi connectivity index (χ0) is 5.70. The maximum absolute atomic E-state index is 5.36. The van der Waals surface area contributed by atoms with E-state index in [1.165, 1.54) is 0 Å². The third-order valence-corrected chi connectivity index (χ3v) is 0.857. The van der Waals surface area contributed by atoms with Gasteiger partial charge in [0.15, 0.2) is 0 Å². The summed E-state index contributed by atoms with van der Waals surface area (Å²) < 4.78 is 0. The van der Waals surface area contributed by atoms with E-state index in [0.717, 1.165) is 6.54 Å². The topological polar surface area (TPSA) is 12.0 Å². The fourth-order valence-electron chi connectivity index (χ4n) is 0.253. The van der Waals surface area contributed by atoms with Gasteiger partial charge in [0.1, 0.15) is 4.84 Å². The molecule has 0 saturated carbocycles. The van der Waals surface area contributed by atoms with Gasteiger partial charge in [-0.1, -0.05) is 6.92 Å². The molecule has 0 aliphatic carbocycles. The first-order valence-electron chi connectivity index (χ1n) is 2.26. The molecule has 0 heterocycles. The van der Waals surface area contributed by atoms with Crippen LogP contribution in [-0.2, 0) is 0 Å². The Kier molecular flexibility index (Phi) is 11.4. The second kappa shape index (κ2) is 7.83. The maximum Gasteiger partial charge on any atom is 0.120 e. The summed E-state index contributed by atoms with van der Waals surface area (Å²) >= 11 is 10.7. The highest BCUT2D eigenvalue weighted by atomic mass is 35.5. The Morgan fingerprint density at radius 3 is 2.12 bits per heavy atom. The molecule has 0 amide bonds. The molecule has 0 saturated heterocycles. The smallest absolute Gasteiger partial charge is 0.120 e. The van der Waals surface area contributed by atoms with Crippen molar-refractivity contribution in [1.29, 1.82) is 0 Å². The number of rotatable bonds is 3. The molecular weight excluding hydrogens is 168 g/mol. The van der Waals surface area contributed by atoms with Crippen molar-refractivity contribution < 1.29 is 0 Å². The summed E-state index contributed by atoms with van der Waals surface area (Å²) in [7, 11) is 0. The molecule has 0 aliphatic heterocycles. The minimum atomic E-state index is -0.264. The fourth-order valence-corrected chi connectivity index (χ4v) is 0.472. The van der Waals surface area contributed by atoms with Crippen molar-refractivity contribution >= 4 is 35.6 Å². The van der Waals surface area contributed by atoms with Crippen LogP contribution in [-0.4, -0.2) is 17.9 Å². The van der Waals surface area contributed by atoms with Crippen LogP contribution in [0.4, 0.5) is 0 Å². The first-order chi connectivity index (χ1) is 3.27. The van der Waals surface area contributed by atoms with Gasteiger partial charge in [0.25, 0.3) is 0 Å². The standard InChI is InChI=1S/C4H9Cl2N.ClH/c1-2-7-3-4(5)6;/h4,7H,2-3H2,1H3;1H. The summed E-state index contributed by atoms with van der Waals surface area (Å²) in [6, 6.07) is 0. The van der Waals surface area contributed by atoms with Crippen LogP contribution in [0.1, 0.15) is 6.92 Å². The van der Waals surface area contributed by atoms with E-state index in [2.05, 4.69) is 5.32 Å². The zero-order valence-electron chi connectivity index (χ0n) is 4.66. The molecule has 0 unspecified atom stereocenters. The summed E-state index contributed by atoms with van der Waals surface area (Å²) in [6.45, 7) is 3.62. The number of hydrogen-bond acceptors (Lipinski definition) is 1. The van der Waals surface area contributed by atoms with Gasteiger partial charge in [0.2, 0.25) is 0 Å². The largest absolute Gasteiger partial charge is 0.314 e. The molecule has 0 atom stereocenters. The fraction of sp³-hybridized carbons (Fsp3) is 1.00. The second-order valence-corrected chi connectivity index (χ2v) is 2.48. The van der Waals surface area contributed by atoms with Crippen LogP contribution in [0.2, 0.25) is 0 Å². The normalized spacial score (nSPS) is 9.00. The van der Waals surface area contributed by atoms with Crippen molar-refractivity contribution in [1.82, 2.24) is 5.32 Å². The molecule has 52 valence electrons. The van der Waals surface area contributed by atoms with E-state index in [1.807, 2.05) is 6.92 Å². The lowest BCUT2D eigenvalue weighted by Gasteiger charge is -1.98. The molecule has 0 radical (unpaired) electrons. The molecular formula is C4H10Cl3N. The molecule has 1 N–H and O–H groups in total. The molecule has 0 rings (SSSR count). The number of alkyl halides is 2. The van der Waals surface area contributed by atoms with Crippen LogP contribution in [0.5, 0.6) is 0 Å². The Bertz CT molecular complexity index is 40.3. The average Bonchev–Trinajstić information content (AvgIpc) is 1.61. The van der Waals surface area contributed by atoms with Crippen molar-refractivity contribution in [2.24, 2.45) is 0 Å². The Hall–Kier alpha value is 0.830. The average molecular weight is 178 g/mol. The second-order valence-electron chi connectivity index (χ2n) is 1.20. The first kappa shape index (κ1) is 11.6. The van der Waals surface area contributed by atoms with Crippen molar-refractivity contribution in [3.63, 3.8) is 0 Å². The number of hydrogen-bond donors (Lipinski definition) is 1. The van der Waals surface area contributed by atoms with E-state index in [1.54, 1.807) is 0 Å². The monoisotopic (exact) mass is 177 g/mol. The van der Waals surface area contributed by atoms with Crippen molar-refractivity contribution in [3.05, 3.63) is 0 Å². The van der Waals surface area contributed by atoms with Gasteiger partial charge in [-0.3, -0.25) is 0 Å². The van der Waals surface area contributed by atoms with E-state index in [-0.39, 0.29) is 17.2 Å². The SMILES string of the molecule is CCNCC(Cl)Cl.Cl. The molecule has 4 heteroatoms. The van der Waals surface area contributed by atoms with Crippen LogP contribution >= 0.6 is 35.6 Å². The lowest BCUT2D eigenvalue weighted by Crippen LogP contribution is -2.18. The molecule has 0 aromatic rings. The summed E-state index contributed by atoms with van der Waals surface area (Å²) in [5.41, 5.74) is 0. The lowest BCUT2D eigenvalue weighted by molar-refractivity contribution is 0.750. The van der Waals surface area contributed by atoms with Crippen LogP contribution in [0, 0.1) is 0 Å². The summed E-state index contributed by atoms with van der Waals surface area (Å²) in [5.74, 6) is 0. The van der Waals surface area contributed by atoms with Crippen LogP contribution in [0.15, 0.2) is 0 Å². The summed E-state index contributed by atoms with van der Waals surface area (Å²) in [4.78, 5) is -0.264. The van der Waals surface area contributed by atoms with Gasteiger partial charge in [-0.05, 0) is 6.54 Å². The minimum absolute atomic E-state index is 0. The van der Waals surface area contributed by atoms with Crippen molar-refractivity contribution in [3.8, 4) is 0 Å². The van der Waals surface area contributed by atoms with Crippen LogP contribution < -0.4 is 5.32 Å². The summed E-state index contributed by atoms with van der Waals surface area (Å²) in [5, 5.41) is 2.98. The third-order valence-electron chi connectivity index (χ3n) is 0.549.